The van der Waals surface area contributed by atoms with Crippen molar-refractivity contribution in [3.63, 3.8) is 0 Å². The molecule has 0 fully saturated rings. The number of benzene rings is 2. The molecule has 0 aliphatic carbocycles. The van der Waals surface area contributed by atoms with Gasteiger partial charge in [0.2, 0.25) is 0 Å². The second-order valence-corrected chi connectivity index (χ2v) is 5.11. The van der Waals surface area contributed by atoms with Gasteiger partial charge in [0.15, 0.2) is 0 Å². The van der Waals surface area contributed by atoms with Gasteiger partial charge >= 0.3 is 0 Å². The first-order valence-corrected chi connectivity index (χ1v) is 7.43. The van der Waals surface area contributed by atoms with E-state index in [9.17, 15) is 4.79 Å². The van der Waals surface area contributed by atoms with E-state index in [-0.39, 0.29) is 5.91 Å². The predicted molar refractivity (Wildman–Crippen MR) is 88.0 cm³/mol. The normalized spacial score (nSPS) is 10.2. The molecule has 0 unspecified atom stereocenters. The van der Waals surface area contributed by atoms with Crippen LogP contribution in [0.5, 0.6) is 0 Å². The summed E-state index contributed by atoms with van der Waals surface area (Å²) in [5.41, 5.74) is 2.81. The first-order chi connectivity index (χ1) is 10.2. The Morgan fingerprint density at radius 1 is 1.10 bits per heavy atom. The molecule has 0 aliphatic rings. The lowest BCUT2D eigenvalue weighted by Crippen LogP contribution is -2.32. The molecule has 0 heterocycles. The highest BCUT2D eigenvalue weighted by Crippen LogP contribution is 2.10. The molecule has 4 heteroatoms. The number of anilines is 1. The van der Waals surface area contributed by atoms with Gasteiger partial charge in [-0.05, 0) is 29.8 Å². The van der Waals surface area contributed by atoms with Crippen LogP contribution in [0.2, 0.25) is 0 Å². The lowest BCUT2D eigenvalue weighted by molar-refractivity contribution is 0.0955. The number of halogens is 1. The molecule has 1 N–H and O–H groups in total. The maximum absolute atomic E-state index is 12.0. The van der Waals surface area contributed by atoms with Crippen molar-refractivity contribution in [2.24, 2.45) is 0 Å². The molecular formula is C17H19ClN2O. The number of nitrogens with one attached hydrogen (secondary N) is 1. The van der Waals surface area contributed by atoms with Crippen molar-refractivity contribution in [1.82, 2.24) is 5.32 Å². The lowest BCUT2D eigenvalue weighted by Gasteiger charge is -2.19. The summed E-state index contributed by atoms with van der Waals surface area (Å²) in [4.78, 5) is 14.1. The maximum Gasteiger partial charge on any atom is 0.251 e. The molecule has 0 saturated heterocycles. The Bertz CT molecular complexity index is 569. The smallest absolute Gasteiger partial charge is 0.251 e. The standard InChI is InChI=1S/C17H19ClN2O/c1-20(16-5-3-2-4-6-16)12-11-19-17(21)15-9-7-14(13-18)8-10-15/h2-10H,11-13H2,1H3,(H,19,21). The molecule has 2 rings (SSSR count). The van der Waals surface area contributed by atoms with Crippen molar-refractivity contribution >= 4 is 23.2 Å². The Morgan fingerprint density at radius 2 is 1.76 bits per heavy atom. The van der Waals surface area contributed by atoms with Gasteiger partial charge in [-0.3, -0.25) is 4.79 Å². The largest absolute Gasteiger partial charge is 0.373 e. The van der Waals surface area contributed by atoms with Crippen molar-refractivity contribution < 1.29 is 4.79 Å². The molecule has 21 heavy (non-hydrogen) atoms. The van der Waals surface area contributed by atoms with Crippen LogP contribution in [0.4, 0.5) is 5.69 Å². The summed E-state index contributed by atoms with van der Waals surface area (Å²) in [5, 5.41) is 2.92. The summed E-state index contributed by atoms with van der Waals surface area (Å²) in [6.07, 6.45) is 0. The molecule has 0 spiro atoms. The minimum atomic E-state index is -0.0578. The number of hydrogen-bond donors (Lipinski definition) is 1. The molecule has 1 amide bonds. The monoisotopic (exact) mass is 302 g/mol. The number of likely N-dealkylation sites (N-methyl/N-ethyl adjacent to an activating group) is 1. The van der Waals surface area contributed by atoms with Gasteiger partial charge in [0, 0.05) is 37.3 Å². The summed E-state index contributed by atoms with van der Waals surface area (Å²) < 4.78 is 0. The third-order valence-electron chi connectivity index (χ3n) is 3.30. The highest BCUT2D eigenvalue weighted by Gasteiger charge is 2.05. The van der Waals surface area contributed by atoms with Gasteiger partial charge in [-0.2, -0.15) is 0 Å². The van der Waals surface area contributed by atoms with Crippen molar-refractivity contribution in [3.8, 4) is 0 Å². The van der Waals surface area contributed by atoms with Crippen LogP contribution in [0.3, 0.4) is 0 Å². The van der Waals surface area contributed by atoms with Gasteiger partial charge < -0.3 is 10.2 Å². The number of rotatable bonds is 6. The predicted octanol–water partition coefficient (Wildman–Crippen LogP) is 3.29. The fourth-order valence-corrected chi connectivity index (χ4v) is 2.17. The van der Waals surface area contributed by atoms with E-state index in [1.807, 2.05) is 49.5 Å². The van der Waals surface area contributed by atoms with Crippen molar-refractivity contribution in [1.29, 1.82) is 0 Å². The number of hydrogen-bond acceptors (Lipinski definition) is 2. The van der Waals surface area contributed by atoms with Crippen LogP contribution in [0.25, 0.3) is 0 Å². The summed E-state index contributed by atoms with van der Waals surface area (Å²) in [7, 11) is 2.01. The quantitative estimate of drug-likeness (QED) is 0.831. The number of carbonyl (C=O) groups excluding carboxylic acids is 1. The Labute approximate surface area is 130 Å². The zero-order valence-corrected chi connectivity index (χ0v) is 12.8. The average Bonchev–Trinajstić information content (AvgIpc) is 2.55. The van der Waals surface area contributed by atoms with Gasteiger partial charge in [-0.1, -0.05) is 30.3 Å². The molecule has 0 aromatic heterocycles. The molecule has 2 aromatic carbocycles. The number of para-hydroxylation sites is 1. The molecule has 0 atom stereocenters. The van der Waals surface area contributed by atoms with Gasteiger partial charge in [0.05, 0.1) is 0 Å². The molecule has 0 aliphatic heterocycles. The van der Waals surface area contributed by atoms with Crippen LogP contribution in [-0.2, 0) is 5.88 Å². The Morgan fingerprint density at radius 3 is 2.38 bits per heavy atom. The van der Waals surface area contributed by atoms with Crippen molar-refractivity contribution in [2.75, 3.05) is 25.0 Å². The van der Waals surface area contributed by atoms with Gasteiger partial charge in [-0.15, -0.1) is 11.6 Å². The van der Waals surface area contributed by atoms with E-state index in [4.69, 9.17) is 11.6 Å². The number of alkyl halides is 1. The van der Waals surface area contributed by atoms with E-state index < -0.39 is 0 Å². The number of amides is 1. The van der Waals surface area contributed by atoms with E-state index in [0.29, 0.717) is 18.0 Å². The molecule has 0 bridgehead atoms. The molecule has 0 saturated carbocycles. The SMILES string of the molecule is CN(CCNC(=O)c1ccc(CCl)cc1)c1ccccc1. The van der Waals surface area contributed by atoms with E-state index in [1.54, 1.807) is 12.1 Å². The van der Waals surface area contributed by atoms with Gasteiger partial charge in [0.1, 0.15) is 0 Å². The topological polar surface area (TPSA) is 32.3 Å². The molecule has 2 aromatic rings. The van der Waals surface area contributed by atoms with Crippen molar-refractivity contribution in [3.05, 3.63) is 65.7 Å². The van der Waals surface area contributed by atoms with Gasteiger partial charge in [-0.25, -0.2) is 0 Å². The first kappa shape index (κ1) is 15.4. The van der Waals surface area contributed by atoms with Crippen LogP contribution in [0.15, 0.2) is 54.6 Å². The van der Waals surface area contributed by atoms with Crippen LogP contribution in [0, 0.1) is 0 Å². The maximum atomic E-state index is 12.0. The van der Waals surface area contributed by atoms with E-state index in [0.717, 1.165) is 17.8 Å². The second kappa shape index (κ2) is 7.70. The third kappa shape index (κ3) is 4.50. The molecule has 0 radical (unpaired) electrons. The number of nitrogens with zero attached hydrogens (tertiary/aromatic N) is 1. The highest BCUT2D eigenvalue weighted by molar-refractivity contribution is 6.17. The number of carbonyl (C=O) groups is 1. The summed E-state index contributed by atoms with van der Waals surface area (Å²) in [6, 6.07) is 17.4. The molecular weight excluding hydrogens is 284 g/mol. The van der Waals surface area contributed by atoms with E-state index in [1.165, 1.54) is 0 Å². The van der Waals surface area contributed by atoms with E-state index in [2.05, 4.69) is 10.2 Å². The lowest BCUT2D eigenvalue weighted by atomic mass is 10.1. The van der Waals surface area contributed by atoms with Crippen LogP contribution >= 0.6 is 11.6 Å². The second-order valence-electron chi connectivity index (χ2n) is 4.84. The van der Waals surface area contributed by atoms with Crippen LogP contribution in [-0.4, -0.2) is 26.0 Å². The summed E-state index contributed by atoms with van der Waals surface area (Å²) in [5.74, 6) is 0.404. The summed E-state index contributed by atoms with van der Waals surface area (Å²) in [6.45, 7) is 1.36. The fraction of sp³-hybridized carbons (Fsp3) is 0.235. The van der Waals surface area contributed by atoms with Crippen molar-refractivity contribution in [2.45, 2.75) is 5.88 Å². The minimum absolute atomic E-state index is 0.0578. The molecule has 3 nitrogen and oxygen atoms in total. The molecule has 110 valence electrons. The summed E-state index contributed by atoms with van der Waals surface area (Å²) >= 11 is 5.73. The van der Waals surface area contributed by atoms with E-state index >= 15 is 0 Å². The minimum Gasteiger partial charge on any atom is -0.373 e. The van der Waals surface area contributed by atoms with Crippen LogP contribution in [0.1, 0.15) is 15.9 Å². The zero-order valence-electron chi connectivity index (χ0n) is 12.1. The third-order valence-corrected chi connectivity index (χ3v) is 3.61. The first-order valence-electron chi connectivity index (χ1n) is 6.90. The van der Waals surface area contributed by atoms with Gasteiger partial charge in [0.25, 0.3) is 5.91 Å². The highest BCUT2D eigenvalue weighted by atomic mass is 35.5. The zero-order chi connectivity index (χ0) is 15.1. The Kier molecular flexibility index (Phi) is 5.64. The Balaban J connectivity index is 1.81. The Hall–Kier alpha value is -2.00. The average molecular weight is 303 g/mol. The fourth-order valence-electron chi connectivity index (χ4n) is 2.00. The van der Waals surface area contributed by atoms with Crippen LogP contribution < -0.4 is 10.2 Å².